The topological polar surface area (TPSA) is 43.3 Å². The van der Waals surface area contributed by atoms with Crippen molar-refractivity contribution in [3.8, 4) is 0 Å². The number of rotatable bonds is 1. The number of alkyl carbamates (subject to hydrolysis) is 1. The Labute approximate surface area is 131 Å². The van der Waals surface area contributed by atoms with Crippen molar-refractivity contribution in [2.45, 2.75) is 58.2 Å². The van der Waals surface area contributed by atoms with E-state index in [0.29, 0.717) is 0 Å². The Morgan fingerprint density at radius 3 is 2.82 bits per heavy atom. The second-order valence-corrected chi connectivity index (χ2v) is 7.02. The van der Waals surface area contributed by atoms with E-state index in [1.807, 2.05) is 20.8 Å². The van der Waals surface area contributed by atoms with Crippen molar-refractivity contribution in [1.82, 2.24) is 9.88 Å². The maximum Gasteiger partial charge on any atom is 0.407 e. The summed E-state index contributed by atoms with van der Waals surface area (Å²) in [4.78, 5) is 11.9. The molecule has 118 valence electrons. The number of carbonyl (C=O) groups is 1. The van der Waals surface area contributed by atoms with Gasteiger partial charge in [-0.05, 0) is 57.6 Å². The second-order valence-electron chi connectivity index (χ2n) is 7.02. The first-order valence-electron chi connectivity index (χ1n) is 7.99. The highest BCUT2D eigenvalue weighted by Gasteiger charge is 2.22. The molecule has 4 heteroatoms. The zero-order valence-electron chi connectivity index (χ0n) is 13.6. The maximum atomic E-state index is 11.9. The molecule has 1 atom stereocenters. The van der Waals surface area contributed by atoms with Crippen molar-refractivity contribution in [3.05, 3.63) is 36.0 Å². The van der Waals surface area contributed by atoms with Crippen molar-refractivity contribution < 1.29 is 9.53 Å². The van der Waals surface area contributed by atoms with Gasteiger partial charge in [0.15, 0.2) is 0 Å². The van der Waals surface area contributed by atoms with E-state index in [1.165, 1.54) is 16.6 Å². The molecule has 0 aliphatic carbocycles. The third-order valence-corrected chi connectivity index (χ3v) is 4.07. The number of para-hydroxylation sites is 1. The van der Waals surface area contributed by atoms with Gasteiger partial charge in [0, 0.05) is 23.8 Å². The minimum atomic E-state index is -0.448. The summed E-state index contributed by atoms with van der Waals surface area (Å²) in [6.07, 6.45) is 2.56. The van der Waals surface area contributed by atoms with E-state index < -0.39 is 5.60 Å². The summed E-state index contributed by atoms with van der Waals surface area (Å²) in [5, 5.41) is 4.32. The average molecular weight is 300 g/mol. The predicted molar refractivity (Wildman–Crippen MR) is 88.0 cm³/mol. The molecule has 1 N–H and O–H groups in total. The Morgan fingerprint density at radius 1 is 1.27 bits per heavy atom. The van der Waals surface area contributed by atoms with Gasteiger partial charge < -0.3 is 14.6 Å². The molecule has 1 unspecified atom stereocenters. The van der Waals surface area contributed by atoms with Gasteiger partial charge in [-0.1, -0.05) is 18.2 Å². The molecular formula is C18H24N2O2. The fourth-order valence-corrected chi connectivity index (χ4v) is 3.11. The molecule has 0 saturated carbocycles. The number of carbonyl (C=O) groups excluding carboxylic acids is 1. The standard InChI is InChI=1S/C18H24N2O2/c1-18(2,3)22-17(21)19-14-8-9-15-12-13-6-4-5-7-16(13)20(15)11-10-14/h4-7,12,14H,8-11H2,1-3H3,(H,19,21). The minimum Gasteiger partial charge on any atom is -0.444 e. The minimum absolute atomic E-state index is 0.175. The molecule has 3 rings (SSSR count). The van der Waals surface area contributed by atoms with E-state index >= 15 is 0 Å². The smallest absolute Gasteiger partial charge is 0.407 e. The summed E-state index contributed by atoms with van der Waals surface area (Å²) in [6, 6.07) is 10.9. The third kappa shape index (κ3) is 3.26. The number of hydrogen-bond donors (Lipinski definition) is 1. The fourth-order valence-electron chi connectivity index (χ4n) is 3.11. The number of aryl methyl sites for hydroxylation is 2. The maximum absolute atomic E-state index is 11.9. The summed E-state index contributed by atoms with van der Waals surface area (Å²) in [6.45, 7) is 6.59. The van der Waals surface area contributed by atoms with Gasteiger partial charge in [0.05, 0.1) is 0 Å². The Bertz CT molecular complexity index is 682. The normalized spacial score (nSPS) is 18.6. The number of benzene rings is 1. The molecule has 1 aromatic heterocycles. The number of hydrogen-bond acceptors (Lipinski definition) is 2. The highest BCUT2D eigenvalue weighted by atomic mass is 16.6. The van der Waals surface area contributed by atoms with Crippen LogP contribution in [0.3, 0.4) is 0 Å². The van der Waals surface area contributed by atoms with Gasteiger partial charge in [0.1, 0.15) is 5.60 Å². The quantitative estimate of drug-likeness (QED) is 0.868. The summed E-state index contributed by atoms with van der Waals surface area (Å²) in [7, 11) is 0. The van der Waals surface area contributed by atoms with Crippen molar-refractivity contribution in [3.63, 3.8) is 0 Å². The van der Waals surface area contributed by atoms with Crippen LogP contribution in [0.15, 0.2) is 30.3 Å². The summed E-state index contributed by atoms with van der Waals surface area (Å²) in [5.41, 5.74) is 2.20. The predicted octanol–water partition coefficient (Wildman–Crippen LogP) is 3.87. The second kappa shape index (κ2) is 5.67. The molecule has 4 nitrogen and oxygen atoms in total. The van der Waals surface area contributed by atoms with Crippen LogP contribution < -0.4 is 5.32 Å². The highest BCUT2D eigenvalue weighted by molar-refractivity contribution is 5.81. The Kier molecular flexibility index (Phi) is 3.85. The van der Waals surface area contributed by atoms with Gasteiger partial charge >= 0.3 is 6.09 Å². The molecular weight excluding hydrogens is 276 g/mol. The molecule has 0 spiro atoms. The fraction of sp³-hybridized carbons (Fsp3) is 0.500. The molecule has 1 aliphatic rings. The number of ether oxygens (including phenoxy) is 1. The molecule has 0 saturated heterocycles. The lowest BCUT2D eigenvalue weighted by molar-refractivity contribution is 0.0499. The lowest BCUT2D eigenvalue weighted by atomic mass is 10.1. The van der Waals surface area contributed by atoms with E-state index in [0.717, 1.165) is 25.8 Å². The van der Waals surface area contributed by atoms with Crippen LogP contribution >= 0.6 is 0 Å². The van der Waals surface area contributed by atoms with Crippen molar-refractivity contribution in [2.75, 3.05) is 0 Å². The van der Waals surface area contributed by atoms with Crippen molar-refractivity contribution in [2.24, 2.45) is 0 Å². The van der Waals surface area contributed by atoms with Crippen molar-refractivity contribution >= 4 is 17.0 Å². The Morgan fingerprint density at radius 2 is 2.05 bits per heavy atom. The highest BCUT2D eigenvalue weighted by Crippen LogP contribution is 2.25. The molecule has 2 aromatic rings. The zero-order chi connectivity index (χ0) is 15.7. The molecule has 22 heavy (non-hydrogen) atoms. The van der Waals surface area contributed by atoms with Crippen LogP contribution in [0.1, 0.15) is 39.3 Å². The van der Waals surface area contributed by atoms with Crippen molar-refractivity contribution in [1.29, 1.82) is 0 Å². The molecule has 0 fully saturated rings. The van der Waals surface area contributed by atoms with E-state index in [1.54, 1.807) is 0 Å². The van der Waals surface area contributed by atoms with E-state index in [9.17, 15) is 4.79 Å². The van der Waals surface area contributed by atoms with E-state index in [4.69, 9.17) is 4.74 Å². The van der Waals surface area contributed by atoms with Crippen LogP contribution in [0.2, 0.25) is 0 Å². The van der Waals surface area contributed by atoms with Crippen LogP contribution in [0, 0.1) is 0 Å². The van der Waals surface area contributed by atoms with Crippen LogP contribution in [0.25, 0.3) is 10.9 Å². The third-order valence-electron chi connectivity index (χ3n) is 4.07. The Hall–Kier alpha value is -1.97. The van der Waals surface area contributed by atoms with Crippen LogP contribution in [0.4, 0.5) is 4.79 Å². The molecule has 2 heterocycles. The van der Waals surface area contributed by atoms with E-state index in [-0.39, 0.29) is 12.1 Å². The van der Waals surface area contributed by atoms with E-state index in [2.05, 4.69) is 40.2 Å². The van der Waals surface area contributed by atoms with Gasteiger partial charge in [-0.25, -0.2) is 4.79 Å². The van der Waals surface area contributed by atoms with Gasteiger partial charge in [-0.2, -0.15) is 0 Å². The largest absolute Gasteiger partial charge is 0.444 e. The first-order valence-corrected chi connectivity index (χ1v) is 7.99. The Balaban J connectivity index is 1.68. The lowest BCUT2D eigenvalue weighted by Gasteiger charge is -2.22. The van der Waals surface area contributed by atoms with Gasteiger partial charge in [0.2, 0.25) is 0 Å². The molecule has 1 aromatic carbocycles. The molecule has 1 amide bonds. The SMILES string of the molecule is CC(C)(C)OC(=O)NC1CCc2cc3ccccc3n2CC1. The number of fused-ring (bicyclic) bond motifs is 3. The van der Waals surface area contributed by atoms with Crippen LogP contribution in [-0.2, 0) is 17.7 Å². The van der Waals surface area contributed by atoms with Gasteiger partial charge in [0.25, 0.3) is 0 Å². The van der Waals surface area contributed by atoms with Crippen LogP contribution in [-0.4, -0.2) is 22.3 Å². The zero-order valence-corrected chi connectivity index (χ0v) is 13.6. The first-order chi connectivity index (χ1) is 10.4. The molecule has 0 bridgehead atoms. The first kappa shape index (κ1) is 14.9. The summed E-state index contributed by atoms with van der Waals surface area (Å²) < 4.78 is 7.73. The summed E-state index contributed by atoms with van der Waals surface area (Å²) >= 11 is 0. The number of amides is 1. The molecule has 0 radical (unpaired) electrons. The lowest BCUT2D eigenvalue weighted by Crippen LogP contribution is -2.39. The van der Waals surface area contributed by atoms with Crippen LogP contribution in [0.5, 0.6) is 0 Å². The number of aromatic nitrogens is 1. The average Bonchev–Trinajstić information content (AvgIpc) is 2.66. The van der Waals surface area contributed by atoms with Gasteiger partial charge in [-0.3, -0.25) is 0 Å². The number of nitrogens with zero attached hydrogens (tertiary/aromatic N) is 1. The van der Waals surface area contributed by atoms with Gasteiger partial charge in [-0.15, -0.1) is 0 Å². The summed E-state index contributed by atoms with van der Waals surface area (Å²) in [5.74, 6) is 0. The monoisotopic (exact) mass is 300 g/mol. The number of nitrogens with one attached hydrogen (secondary N) is 1. The molecule has 1 aliphatic heterocycles.